The molecule has 356 valence electrons. The number of nitrogens with zero attached hydrogens (tertiary/aromatic N) is 1. The van der Waals surface area contributed by atoms with Crippen LogP contribution >= 0.6 is 15.9 Å². The number of ether oxygens (including phenoxy) is 2. The predicted molar refractivity (Wildman–Crippen MR) is 253 cm³/mol. The van der Waals surface area contributed by atoms with E-state index in [1.807, 2.05) is 6.92 Å². The van der Waals surface area contributed by atoms with Crippen LogP contribution in [0.2, 0.25) is 0 Å². The first-order valence-corrected chi connectivity index (χ1v) is 26.8. The van der Waals surface area contributed by atoms with Gasteiger partial charge in [-0.3, -0.25) is 14.5 Å². The van der Waals surface area contributed by atoms with E-state index < -0.39 is 11.2 Å². The summed E-state index contributed by atoms with van der Waals surface area (Å²) in [6.07, 6.45) is 21.7. The Balaban J connectivity index is 0.000000162. The number of carbonyl (C=O) groups is 2. The molecule has 10 aliphatic rings. The lowest BCUT2D eigenvalue weighted by Gasteiger charge is -2.57. The van der Waals surface area contributed by atoms with E-state index in [1.54, 1.807) is 0 Å². The van der Waals surface area contributed by atoms with Crippen molar-refractivity contribution in [1.29, 1.82) is 0 Å². The van der Waals surface area contributed by atoms with Crippen molar-refractivity contribution in [2.75, 3.05) is 51.4 Å². The molecular formula is C53H91BrN2O6. The van der Waals surface area contributed by atoms with Crippen molar-refractivity contribution in [1.82, 2.24) is 10.2 Å². The molecule has 18 atom stereocenters. The highest BCUT2D eigenvalue weighted by atomic mass is 79.9. The molecule has 10 rings (SSSR count). The van der Waals surface area contributed by atoms with E-state index in [0.717, 1.165) is 137 Å². The van der Waals surface area contributed by atoms with E-state index in [4.69, 9.17) is 9.47 Å². The number of halogens is 1. The van der Waals surface area contributed by atoms with Crippen molar-refractivity contribution in [2.24, 2.45) is 81.8 Å². The minimum absolute atomic E-state index is 0. The normalized spacial score (nSPS) is 49.6. The standard InChI is InChI=1S/C26H43NO3.C21H33BrO2.C5H11NO.CH4/c1-17-16-30-13-12-27(17)15-24(28)23-7-6-22-21-5-4-18-14-25(2,29)10-8-19(18)20(21)9-11-26(22,23)3;1-20(24)9-7-14-13(11-20)3-4-16-15(14)8-10-21(2)17(16)5-6-18(21)19(23)12-22;1-5-4-7-3-2-6-5;/h17-23,29H,4-16H2,1-3H3;13-18,24H,3-12H2,1-2H3;5-6H,2-4H2,1H3;1H4/t17-,18-,19+,20-,21-,22+,23-,25-,26+;13-,14+,15-,16-,17+,18-,20-,21+;5-;/m111./s1. The smallest absolute Gasteiger partial charge is 0.150 e. The van der Waals surface area contributed by atoms with Gasteiger partial charge in [-0.2, -0.15) is 0 Å². The first kappa shape index (κ1) is 49.5. The molecule has 2 heterocycles. The van der Waals surface area contributed by atoms with Crippen LogP contribution in [0, 0.1) is 81.8 Å². The van der Waals surface area contributed by atoms with Gasteiger partial charge in [-0.15, -0.1) is 0 Å². The summed E-state index contributed by atoms with van der Waals surface area (Å²) in [6, 6.07) is 0.927. The lowest BCUT2D eigenvalue weighted by Crippen LogP contribution is -2.52. The Morgan fingerprint density at radius 2 is 1.13 bits per heavy atom. The van der Waals surface area contributed by atoms with Gasteiger partial charge in [0.05, 0.1) is 49.5 Å². The first-order chi connectivity index (χ1) is 29.0. The Hall–Kier alpha value is -0.420. The number of rotatable bonds is 5. The largest absolute Gasteiger partial charge is 0.390 e. The quantitative estimate of drug-likeness (QED) is 0.234. The Kier molecular flexibility index (Phi) is 16.0. The van der Waals surface area contributed by atoms with Crippen molar-refractivity contribution in [3.8, 4) is 0 Å². The number of alkyl halides is 1. The van der Waals surface area contributed by atoms with Crippen LogP contribution in [-0.2, 0) is 19.1 Å². The molecule has 8 nitrogen and oxygen atoms in total. The summed E-state index contributed by atoms with van der Waals surface area (Å²) in [5.41, 5.74) is -0.365. The fourth-order valence-corrected chi connectivity index (χ4v) is 17.7. The molecule has 2 aliphatic heterocycles. The topological polar surface area (TPSA) is 108 Å². The van der Waals surface area contributed by atoms with Crippen LogP contribution < -0.4 is 5.32 Å². The molecular weight excluding hydrogens is 840 g/mol. The van der Waals surface area contributed by atoms with E-state index in [2.05, 4.69) is 60.8 Å². The van der Waals surface area contributed by atoms with Gasteiger partial charge >= 0.3 is 0 Å². The lowest BCUT2D eigenvalue weighted by atomic mass is 9.49. The average Bonchev–Trinajstić information content (AvgIpc) is 3.78. The molecule has 2 saturated heterocycles. The Morgan fingerprint density at radius 1 is 0.629 bits per heavy atom. The van der Waals surface area contributed by atoms with Gasteiger partial charge in [0.15, 0.2) is 0 Å². The maximum atomic E-state index is 13.5. The lowest BCUT2D eigenvalue weighted by molar-refractivity contribution is -0.135. The van der Waals surface area contributed by atoms with Crippen LogP contribution in [-0.4, -0.2) is 101 Å². The van der Waals surface area contributed by atoms with E-state index in [9.17, 15) is 19.8 Å². The van der Waals surface area contributed by atoms with Gasteiger partial charge in [0.2, 0.25) is 0 Å². The first-order valence-electron chi connectivity index (χ1n) is 25.7. The van der Waals surface area contributed by atoms with Crippen molar-refractivity contribution in [3.63, 3.8) is 0 Å². The minimum Gasteiger partial charge on any atom is -0.390 e. The number of hydrogen-bond donors (Lipinski definition) is 3. The highest BCUT2D eigenvalue weighted by molar-refractivity contribution is 9.09. The third-order valence-electron chi connectivity index (χ3n) is 20.4. The third-order valence-corrected chi connectivity index (χ3v) is 20.9. The number of nitrogens with one attached hydrogen (secondary N) is 1. The van der Waals surface area contributed by atoms with E-state index in [1.165, 1.54) is 77.0 Å². The van der Waals surface area contributed by atoms with Gasteiger partial charge in [-0.25, -0.2) is 0 Å². The number of morpholine rings is 2. The molecule has 0 bridgehead atoms. The van der Waals surface area contributed by atoms with Gasteiger partial charge in [0.1, 0.15) is 11.6 Å². The van der Waals surface area contributed by atoms with Crippen LogP contribution in [0.1, 0.15) is 165 Å². The summed E-state index contributed by atoms with van der Waals surface area (Å²) in [5.74, 6) is 9.60. The molecule has 0 spiro atoms. The van der Waals surface area contributed by atoms with Crippen molar-refractivity contribution in [3.05, 3.63) is 0 Å². The van der Waals surface area contributed by atoms with Crippen LogP contribution in [0.25, 0.3) is 0 Å². The number of fused-ring (bicyclic) bond motifs is 10. The maximum Gasteiger partial charge on any atom is 0.150 e. The van der Waals surface area contributed by atoms with Gasteiger partial charge < -0.3 is 25.0 Å². The second-order valence-corrected chi connectivity index (χ2v) is 24.7. The summed E-state index contributed by atoms with van der Waals surface area (Å²) in [5, 5.41) is 24.9. The molecule has 0 aromatic carbocycles. The monoisotopic (exact) mass is 931 g/mol. The Labute approximate surface area is 386 Å². The van der Waals surface area contributed by atoms with Gasteiger partial charge in [0.25, 0.3) is 0 Å². The molecule has 0 amide bonds. The zero-order valence-electron chi connectivity index (χ0n) is 39.3. The third kappa shape index (κ3) is 10.1. The maximum absolute atomic E-state index is 13.5. The summed E-state index contributed by atoms with van der Waals surface area (Å²) in [4.78, 5) is 28.3. The number of hydrogen-bond acceptors (Lipinski definition) is 8. The predicted octanol–water partition coefficient (Wildman–Crippen LogP) is 9.90. The molecule has 0 aromatic heterocycles. The van der Waals surface area contributed by atoms with Crippen LogP contribution in [0.3, 0.4) is 0 Å². The molecule has 0 aromatic rings. The Bertz CT molecular complexity index is 1520. The average molecular weight is 932 g/mol. The summed E-state index contributed by atoms with van der Waals surface area (Å²) < 4.78 is 10.7. The SMILES string of the molecule is C.C[C@@H]1COCCN1.C[C@@H]1COCCN1CC(=O)[C@H]1CC[C@H]2[C@@H]3CC[C@@H]4C[C@](C)(O)CC[C@@H]4[C@H]3CC[C@]12C.C[C@@]1(O)CC[C@H]2[C@H](CC[C@@H]3[C@@H]2CC[C@]2(C)[C@@H](C(=O)CBr)CC[C@@H]32)C1. The van der Waals surface area contributed by atoms with E-state index in [0.29, 0.717) is 41.4 Å². The minimum atomic E-state index is -0.432. The van der Waals surface area contributed by atoms with Crippen LogP contribution in [0.4, 0.5) is 0 Å². The van der Waals surface area contributed by atoms with Crippen LogP contribution in [0.5, 0.6) is 0 Å². The second-order valence-electron chi connectivity index (χ2n) is 24.1. The molecule has 8 saturated carbocycles. The summed E-state index contributed by atoms with van der Waals surface area (Å²) >= 11 is 3.42. The van der Waals surface area contributed by atoms with E-state index in [-0.39, 0.29) is 24.2 Å². The van der Waals surface area contributed by atoms with Crippen molar-refractivity contribution >= 4 is 27.5 Å². The van der Waals surface area contributed by atoms with Crippen molar-refractivity contribution in [2.45, 2.75) is 188 Å². The molecule has 8 aliphatic carbocycles. The number of carbonyl (C=O) groups excluding carboxylic acids is 2. The number of aliphatic hydroxyl groups is 2. The second kappa shape index (κ2) is 20.0. The van der Waals surface area contributed by atoms with E-state index >= 15 is 0 Å². The zero-order valence-corrected chi connectivity index (χ0v) is 40.9. The fraction of sp³-hybridized carbons (Fsp3) is 0.962. The molecule has 0 radical (unpaired) electrons. The zero-order chi connectivity index (χ0) is 43.3. The molecule has 10 fully saturated rings. The van der Waals surface area contributed by atoms with Gasteiger partial charge in [-0.1, -0.05) is 37.2 Å². The summed E-state index contributed by atoms with van der Waals surface area (Å²) in [6.45, 7) is 19.1. The molecule has 3 N–H and O–H groups in total. The highest BCUT2D eigenvalue weighted by Crippen LogP contribution is 2.66. The Morgan fingerprint density at radius 3 is 1.58 bits per heavy atom. The molecule has 9 heteroatoms. The van der Waals surface area contributed by atoms with Gasteiger partial charge in [0, 0.05) is 37.0 Å². The van der Waals surface area contributed by atoms with Crippen LogP contribution in [0.15, 0.2) is 0 Å². The van der Waals surface area contributed by atoms with Crippen molar-refractivity contribution < 1.29 is 29.3 Å². The molecule has 62 heavy (non-hydrogen) atoms. The number of ketones is 2. The highest BCUT2D eigenvalue weighted by Gasteiger charge is 2.60. The van der Waals surface area contributed by atoms with Gasteiger partial charge in [-0.05, 0) is 213 Å². The molecule has 0 unspecified atom stereocenters. The fourth-order valence-electron chi connectivity index (χ4n) is 17.3. The number of Topliss-reactive ketones (excluding diaryl/α,β-unsaturated/α-hetero) is 2. The summed E-state index contributed by atoms with van der Waals surface area (Å²) in [7, 11) is 0.